The molecule has 1 saturated heterocycles. The van der Waals surface area contributed by atoms with Gasteiger partial charge in [-0.3, -0.25) is 14.9 Å². The van der Waals surface area contributed by atoms with Crippen molar-refractivity contribution in [1.82, 2.24) is 0 Å². The van der Waals surface area contributed by atoms with E-state index >= 15 is 0 Å². The first kappa shape index (κ1) is 19.8. The number of thiophene rings is 1. The summed E-state index contributed by atoms with van der Waals surface area (Å²) in [6.07, 6.45) is 2.18. The number of carbonyl (C=O) groups excluding carboxylic acids is 1. The lowest BCUT2D eigenvalue weighted by Crippen LogP contribution is -3.12. The molecule has 1 fully saturated rings. The molecular weight excluding hydrogens is 390 g/mol. The first-order valence-corrected chi connectivity index (χ1v) is 9.98. The average Bonchev–Trinajstić information content (AvgIpc) is 3.28. The molecule has 1 amide bonds. The molecule has 0 spiro atoms. The molecule has 1 unspecified atom stereocenters. The predicted octanol–water partition coefficient (Wildman–Crippen LogP) is 2.51. The fourth-order valence-electron chi connectivity index (χ4n) is 3.18. The molecular formula is C18H21ClN3O4S+. The van der Waals surface area contributed by atoms with Crippen molar-refractivity contribution in [2.24, 2.45) is 0 Å². The quantitative estimate of drug-likeness (QED) is 0.517. The van der Waals surface area contributed by atoms with Gasteiger partial charge in [0.25, 0.3) is 11.6 Å². The zero-order valence-corrected chi connectivity index (χ0v) is 16.2. The van der Waals surface area contributed by atoms with E-state index < -0.39 is 4.92 Å². The summed E-state index contributed by atoms with van der Waals surface area (Å²) in [4.78, 5) is 25.5. The van der Waals surface area contributed by atoms with E-state index in [1.165, 1.54) is 23.1 Å². The Hall–Kier alpha value is -2.00. The summed E-state index contributed by atoms with van der Waals surface area (Å²) in [5, 5.41) is 16.2. The van der Waals surface area contributed by atoms with Crippen LogP contribution < -0.4 is 10.2 Å². The van der Waals surface area contributed by atoms with Crippen LogP contribution in [0.5, 0.6) is 0 Å². The molecule has 1 aromatic carbocycles. The molecule has 0 bridgehead atoms. The van der Waals surface area contributed by atoms with Gasteiger partial charge in [-0.05, 0) is 36.4 Å². The van der Waals surface area contributed by atoms with E-state index in [-0.39, 0.29) is 29.9 Å². The Labute approximate surface area is 166 Å². The summed E-state index contributed by atoms with van der Waals surface area (Å²) in [6, 6.07) is 8.15. The third-order valence-electron chi connectivity index (χ3n) is 4.38. The van der Waals surface area contributed by atoms with Crippen LogP contribution in [0.2, 0.25) is 5.02 Å². The second-order valence-electron chi connectivity index (χ2n) is 6.49. The van der Waals surface area contributed by atoms with Crippen molar-refractivity contribution >= 4 is 40.2 Å². The SMILES string of the molecule is O=C(C[NH+](Cc1cccs1)C[C@@H]1CCCO1)Nc1cc(Cl)ccc1[N+](=O)[O-]. The highest BCUT2D eigenvalue weighted by Gasteiger charge is 2.25. The normalized spacial score (nSPS) is 17.6. The first-order valence-electron chi connectivity index (χ1n) is 8.72. The number of ether oxygens (including phenoxy) is 1. The maximum Gasteiger partial charge on any atom is 0.292 e. The smallest absolute Gasteiger partial charge is 0.292 e. The number of anilines is 1. The molecule has 2 aromatic rings. The van der Waals surface area contributed by atoms with E-state index in [1.807, 2.05) is 17.5 Å². The van der Waals surface area contributed by atoms with Gasteiger partial charge in [-0.15, -0.1) is 11.3 Å². The van der Waals surface area contributed by atoms with Crippen LogP contribution in [0.15, 0.2) is 35.7 Å². The summed E-state index contributed by atoms with van der Waals surface area (Å²) in [5.74, 6) is -0.287. The molecule has 0 saturated carbocycles. The standard InChI is InChI=1S/C18H20ClN3O4S/c19-13-5-6-17(22(24)25)16(9-13)20-18(23)12-21(10-14-3-1-7-26-14)11-15-4-2-8-27-15/h2,4-6,8-9,14H,1,3,7,10-12H2,(H,20,23)/p+1/t14-/m0/s1. The second-order valence-corrected chi connectivity index (χ2v) is 7.96. The lowest BCUT2D eigenvalue weighted by molar-refractivity contribution is -0.908. The summed E-state index contributed by atoms with van der Waals surface area (Å²) in [5.41, 5.74) is -0.0585. The molecule has 1 aromatic heterocycles. The van der Waals surface area contributed by atoms with Crippen LogP contribution in [0.3, 0.4) is 0 Å². The summed E-state index contributed by atoms with van der Waals surface area (Å²) < 4.78 is 5.71. The van der Waals surface area contributed by atoms with Crippen molar-refractivity contribution in [2.45, 2.75) is 25.5 Å². The number of nitro benzene ring substituents is 1. The lowest BCUT2D eigenvalue weighted by Gasteiger charge is -2.21. The fourth-order valence-corrected chi connectivity index (χ4v) is 4.13. The number of benzene rings is 1. The number of nitrogens with one attached hydrogen (secondary N) is 2. The highest BCUT2D eigenvalue weighted by Crippen LogP contribution is 2.27. The van der Waals surface area contributed by atoms with Gasteiger partial charge in [-0.1, -0.05) is 17.7 Å². The average molecular weight is 411 g/mol. The van der Waals surface area contributed by atoms with E-state index in [9.17, 15) is 14.9 Å². The van der Waals surface area contributed by atoms with E-state index in [1.54, 1.807) is 11.3 Å². The number of carbonyl (C=O) groups is 1. The Bertz CT molecular complexity index is 794. The summed E-state index contributed by atoms with van der Waals surface area (Å²) in [6.45, 7) is 2.39. The van der Waals surface area contributed by atoms with Crippen molar-refractivity contribution in [1.29, 1.82) is 0 Å². The molecule has 1 aliphatic heterocycles. The van der Waals surface area contributed by atoms with Crippen LogP contribution in [0, 0.1) is 10.1 Å². The largest absolute Gasteiger partial charge is 0.372 e. The van der Waals surface area contributed by atoms with Crippen LogP contribution in [0.1, 0.15) is 17.7 Å². The van der Waals surface area contributed by atoms with Gasteiger partial charge in [0.2, 0.25) is 0 Å². The third-order valence-corrected chi connectivity index (χ3v) is 5.50. The van der Waals surface area contributed by atoms with Gasteiger partial charge in [0.05, 0.1) is 9.80 Å². The second kappa shape index (κ2) is 9.27. The minimum atomic E-state index is -0.533. The molecule has 2 heterocycles. The van der Waals surface area contributed by atoms with E-state index in [2.05, 4.69) is 5.32 Å². The van der Waals surface area contributed by atoms with Crippen molar-refractivity contribution in [3.8, 4) is 0 Å². The van der Waals surface area contributed by atoms with Crippen molar-refractivity contribution in [3.63, 3.8) is 0 Å². The molecule has 0 radical (unpaired) electrons. The maximum atomic E-state index is 12.6. The van der Waals surface area contributed by atoms with Crippen molar-refractivity contribution in [3.05, 3.63) is 55.7 Å². The number of nitrogens with zero attached hydrogens (tertiary/aromatic N) is 1. The van der Waals surface area contributed by atoms with Crippen LogP contribution >= 0.6 is 22.9 Å². The lowest BCUT2D eigenvalue weighted by atomic mass is 10.2. The zero-order valence-electron chi connectivity index (χ0n) is 14.7. The minimum absolute atomic E-state index is 0.116. The number of hydrogen-bond donors (Lipinski definition) is 2. The third kappa shape index (κ3) is 5.74. The van der Waals surface area contributed by atoms with Crippen molar-refractivity contribution < 1.29 is 19.4 Å². The van der Waals surface area contributed by atoms with Gasteiger partial charge >= 0.3 is 0 Å². The summed E-state index contributed by atoms with van der Waals surface area (Å²) in [7, 11) is 0. The topological polar surface area (TPSA) is 85.9 Å². The Kier molecular flexibility index (Phi) is 6.78. The molecule has 144 valence electrons. The van der Waals surface area contributed by atoms with Crippen LogP contribution in [0.25, 0.3) is 0 Å². The number of halogens is 1. The minimum Gasteiger partial charge on any atom is -0.372 e. The Balaban J connectivity index is 1.68. The Morgan fingerprint density at radius 2 is 2.30 bits per heavy atom. The van der Waals surface area contributed by atoms with E-state index in [0.717, 1.165) is 30.9 Å². The van der Waals surface area contributed by atoms with Gasteiger partial charge in [0.1, 0.15) is 24.9 Å². The zero-order chi connectivity index (χ0) is 19.2. The van der Waals surface area contributed by atoms with Gasteiger partial charge < -0.3 is 15.0 Å². The van der Waals surface area contributed by atoms with Crippen molar-refractivity contribution in [2.75, 3.05) is 25.0 Å². The number of rotatable bonds is 8. The molecule has 3 rings (SSSR count). The molecule has 0 aliphatic carbocycles. The van der Waals surface area contributed by atoms with Gasteiger partial charge in [0, 0.05) is 17.7 Å². The highest BCUT2D eigenvalue weighted by atomic mass is 35.5. The van der Waals surface area contributed by atoms with Crippen LogP contribution in [-0.4, -0.2) is 36.6 Å². The van der Waals surface area contributed by atoms with Crippen LogP contribution in [0.4, 0.5) is 11.4 Å². The monoisotopic (exact) mass is 410 g/mol. The number of nitro groups is 1. The predicted molar refractivity (Wildman–Crippen MR) is 104 cm³/mol. The molecule has 9 heteroatoms. The van der Waals surface area contributed by atoms with Crippen LogP contribution in [-0.2, 0) is 16.1 Å². The Morgan fingerprint density at radius 3 is 2.96 bits per heavy atom. The molecule has 1 aliphatic rings. The highest BCUT2D eigenvalue weighted by molar-refractivity contribution is 7.09. The van der Waals surface area contributed by atoms with Gasteiger partial charge in [-0.2, -0.15) is 0 Å². The van der Waals surface area contributed by atoms with E-state index in [4.69, 9.17) is 16.3 Å². The first-order chi connectivity index (χ1) is 13.0. The molecule has 27 heavy (non-hydrogen) atoms. The van der Waals surface area contributed by atoms with Gasteiger partial charge in [-0.25, -0.2) is 0 Å². The number of amides is 1. The molecule has 2 atom stereocenters. The molecule has 7 nitrogen and oxygen atoms in total. The fraction of sp³-hybridized carbons (Fsp3) is 0.389. The van der Waals surface area contributed by atoms with E-state index in [0.29, 0.717) is 11.6 Å². The van der Waals surface area contributed by atoms with Gasteiger partial charge in [0.15, 0.2) is 6.54 Å². The Morgan fingerprint density at radius 1 is 1.44 bits per heavy atom. The maximum absolute atomic E-state index is 12.6. The number of quaternary nitrogens is 1. The number of hydrogen-bond acceptors (Lipinski definition) is 5. The summed E-state index contributed by atoms with van der Waals surface area (Å²) >= 11 is 7.57. The molecule has 2 N–H and O–H groups in total.